The topological polar surface area (TPSA) is 117 Å². The SMILES string of the molecule is O=C(NC[C@H](NC(=O)c1c(Cl)cccc1Cl)C(=O)O)NC1CCOc2ccccc21. The maximum atomic E-state index is 12.4. The Kier molecular flexibility index (Phi) is 7.02. The molecule has 3 amide bonds. The van der Waals surface area contributed by atoms with Crippen molar-refractivity contribution in [1.82, 2.24) is 16.0 Å². The lowest BCUT2D eigenvalue weighted by Gasteiger charge is -2.27. The Hall–Kier alpha value is -2.97. The summed E-state index contributed by atoms with van der Waals surface area (Å²) in [5.74, 6) is -1.37. The number of carbonyl (C=O) groups excluding carboxylic acids is 2. The van der Waals surface area contributed by atoms with Gasteiger partial charge in [0.1, 0.15) is 11.8 Å². The minimum absolute atomic E-state index is 0.0321. The number of halogens is 2. The third-order valence-electron chi connectivity index (χ3n) is 4.52. The van der Waals surface area contributed by atoms with Crippen LogP contribution in [0.1, 0.15) is 28.4 Å². The van der Waals surface area contributed by atoms with Crippen LogP contribution in [0, 0.1) is 0 Å². The molecule has 0 fully saturated rings. The number of carboxylic acid groups (broad SMARTS) is 1. The lowest BCUT2D eigenvalue weighted by atomic mass is 10.0. The number of amides is 3. The van der Waals surface area contributed by atoms with Crippen molar-refractivity contribution in [2.75, 3.05) is 13.2 Å². The van der Waals surface area contributed by atoms with Crippen LogP contribution in [-0.2, 0) is 4.79 Å². The van der Waals surface area contributed by atoms with Gasteiger partial charge in [-0.05, 0) is 18.2 Å². The molecule has 158 valence electrons. The Labute approximate surface area is 182 Å². The van der Waals surface area contributed by atoms with Gasteiger partial charge in [0.2, 0.25) is 0 Å². The highest BCUT2D eigenvalue weighted by Gasteiger charge is 2.26. The minimum atomic E-state index is -1.38. The molecule has 1 aliphatic heterocycles. The van der Waals surface area contributed by atoms with E-state index in [1.807, 2.05) is 24.3 Å². The molecule has 2 aromatic carbocycles. The second-order valence-electron chi connectivity index (χ2n) is 6.54. The highest BCUT2D eigenvalue weighted by atomic mass is 35.5. The Morgan fingerprint density at radius 2 is 1.80 bits per heavy atom. The summed E-state index contributed by atoms with van der Waals surface area (Å²) in [5, 5.41) is 17.2. The van der Waals surface area contributed by atoms with Gasteiger partial charge in [-0.25, -0.2) is 9.59 Å². The van der Waals surface area contributed by atoms with Crippen LogP contribution in [0.3, 0.4) is 0 Å². The highest BCUT2D eigenvalue weighted by Crippen LogP contribution is 2.31. The van der Waals surface area contributed by atoms with Crippen LogP contribution in [0.5, 0.6) is 5.75 Å². The molecule has 3 rings (SSSR count). The molecule has 0 bridgehead atoms. The van der Waals surface area contributed by atoms with E-state index < -0.39 is 23.9 Å². The molecule has 2 aromatic rings. The van der Waals surface area contributed by atoms with E-state index in [1.54, 1.807) is 6.07 Å². The summed E-state index contributed by atoms with van der Waals surface area (Å²) in [6.45, 7) is 0.119. The standard InChI is InChI=1S/C20H19Cl2N3O5/c21-12-5-3-6-13(22)17(12)18(26)24-15(19(27)28)10-23-20(29)25-14-8-9-30-16-7-2-1-4-11(14)16/h1-7,14-15H,8-10H2,(H,24,26)(H,27,28)(H2,23,25,29)/t14?,15-/m0/s1. The van der Waals surface area contributed by atoms with Crippen LogP contribution in [0.25, 0.3) is 0 Å². The minimum Gasteiger partial charge on any atom is -0.493 e. The largest absolute Gasteiger partial charge is 0.493 e. The van der Waals surface area contributed by atoms with Crippen LogP contribution in [0.4, 0.5) is 4.79 Å². The van der Waals surface area contributed by atoms with E-state index in [0.717, 1.165) is 5.56 Å². The number of urea groups is 1. The number of nitrogens with one attached hydrogen (secondary N) is 3. The number of para-hydroxylation sites is 1. The first-order chi connectivity index (χ1) is 14.4. The van der Waals surface area contributed by atoms with Gasteiger partial charge in [0.15, 0.2) is 0 Å². The summed E-state index contributed by atoms with van der Waals surface area (Å²) in [5.41, 5.74) is 0.811. The van der Waals surface area contributed by atoms with Crippen molar-refractivity contribution < 1.29 is 24.2 Å². The molecule has 0 saturated heterocycles. The quantitative estimate of drug-likeness (QED) is 0.538. The second-order valence-corrected chi connectivity index (χ2v) is 7.36. The fourth-order valence-corrected chi connectivity index (χ4v) is 3.61. The fourth-order valence-electron chi connectivity index (χ4n) is 3.04. The molecule has 10 heteroatoms. The molecule has 1 aliphatic rings. The number of hydrogen-bond donors (Lipinski definition) is 4. The van der Waals surface area contributed by atoms with Crippen LogP contribution < -0.4 is 20.7 Å². The van der Waals surface area contributed by atoms with Gasteiger partial charge in [-0.3, -0.25) is 4.79 Å². The van der Waals surface area contributed by atoms with Gasteiger partial charge in [-0.1, -0.05) is 47.5 Å². The van der Waals surface area contributed by atoms with Crippen molar-refractivity contribution in [1.29, 1.82) is 0 Å². The molecule has 4 N–H and O–H groups in total. The number of ether oxygens (including phenoxy) is 1. The third kappa shape index (κ3) is 5.14. The number of rotatable bonds is 6. The van der Waals surface area contributed by atoms with Crippen LogP contribution >= 0.6 is 23.2 Å². The summed E-state index contributed by atoms with van der Waals surface area (Å²) in [6, 6.07) is 9.65. The van der Waals surface area contributed by atoms with Gasteiger partial charge in [0.25, 0.3) is 5.91 Å². The number of hydrogen-bond acceptors (Lipinski definition) is 4. The van der Waals surface area contributed by atoms with E-state index >= 15 is 0 Å². The van der Waals surface area contributed by atoms with Gasteiger partial charge in [-0.2, -0.15) is 0 Å². The average molecular weight is 452 g/mol. The smallest absolute Gasteiger partial charge is 0.328 e. The predicted octanol–water partition coefficient (Wildman–Crippen LogP) is 3.00. The van der Waals surface area contributed by atoms with E-state index in [1.165, 1.54) is 12.1 Å². The molecular formula is C20H19Cl2N3O5. The lowest BCUT2D eigenvalue weighted by molar-refractivity contribution is -0.139. The first-order valence-electron chi connectivity index (χ1n) is 9.10. The fraction of sp³-hybridized carbons (Fsp3) is 0.250. The van der Waals surface area contributed by atoms with E-state index in [2.05, 4.69) is 16.0 Å². The summed E-state index contributed by atoms with van der Waals surface area (Å²) in [6.07, 6.45) is 0.578. The Balaban J connectivity index is 1.59. The van der Waals surface area contributed by atoms with E-state index in [4.69, 9.17) is 27.9 Å². The molecule has 0 saturated carbocycles. The molecule has 1 heterocycles. The first-order valence-corrected chi connectivity index (χ1v) is 9.86. The molecule has 0 aliphatic carbocycles. The first kappa shape index (κ1) is 21.7. The summed E-state index contributed by atoms with van der Waals surface area (Å²) in [7, 11) is 0. The number of aliphatic carboxylic acids is 1. The zero-order chi connectivity index (χ0) is 21.7. The molecule has 8 nitrogen and oxygen atoms in total. The molecule has 1 unspecified atom stereocenters. The Bertz CT molecular complexity index is 949. The molecule has 0 aromatic heterocycles. The molecule has 30 heavy (non-hydrogen) atoms. The van der Waals surface area contributed by atoms with Crippen molar-refractivity contribution >= 4 is 41.1 Å². The Morgan fingerprint density at radius 1 is 1.10 bits per heavy atom. The van der Waals surface area contributed by atoms with Crippen molar-refractivity contribution in [3.8, 4) is 5.75 Å². The zero-order valence-corrected chi connectivity index (χ0v) is 17.2. The lowest BCUT2D eigenvalue weighted by Crippen LogP contribution is -2.50. The monoisotopic (exact) mass is 451 g/mol. The van der Waals surface area contributed by atoms with Crippen LogP contribution in [0.2, 0.25) is 10.0 Å². The third-order valence-corrected chi connectivity index (χ3v) is 5.15. The summed E-state index contributed by atoms with van der Waals surface area (Å²) < 4.78 is 5.55. The normalized spacial score (nSPS) is 15.9. The maximum Gasteiger partial charge on any atom is 0.328 e. The van der Waals surface area contributed by atoms with Crippen LogP contribution in [-0.4, -0.2) is 42.2 Å². The highest BCUT2D eigenvalue weighted by molar-refractivity contribution is 6.39. The van der Waals surface area contributed by atoms with Crippen molar-refractivity contribution in [3.05, 3.63) is 63.6 Å². The van der Waals surface area contributed by atoms with Crippen molar-refractivity contribution in [2.45, 2.75) is 18.5 Å². The van der Waals surface area contributed by atoms with Gasteiger partial charge >= 0.3 is 12.0 Å². The molecular weight excluding hydrogens is 433 g/mol. The van der Waals surface area contributed by atoms with E-state index in [-0.39, 0.29) is 28.2 Å². The summed E-state index contributed by atoms with van der Waals surface area (Å²) in [4.78, 5) is 36.2. The van der Waals surface area contributed by atoms with Gasteiger partial charge in [0, 0.05) is 12.0 Å². The number of fused-ring (bicyclic) bond motifs is 1. The average Bonchev–Trinajstić information content (AvgIpc) is 2.71. The maximum absolute atomic E-state index is 12.4. The van der Waals surface area contributed by atoms with E-state index in [0.29, 0.717) is 18.8 Å². The number of benzene rings is 2. The van der Waals surface area contributed by atoms with Gasteiger partial charge in [0.05, 0.1) is 34.8 Å². The van der Waals surface area contributed by atoms with E-state index in [9.17, 15) is 19.5 Å². The number of carboxylic acids is 1. The van der Waals surface area contributed by atoms with Crippen LogP contribution in [0.15, 0.2) is 42.5 Å². The molecule has 2 atom stereocenters. The second kappa shape index (κ2) is 9.69. The molecule has 0 spiro atoms. The van der Waals surface area contributed by atoms with Crippen molar-refractivity contribution in [2.24, 2.45) is 0 Å². The zero-order valence-electron chi connectivity index (χ0n) is 15.7. The predicted molar refractivity (Wildman–Crippen MR) is 111 cm³/mol. The van der Waals surface area contributed by atoms with Gasteiger partial charge in [-0.15, -0.1) is 0 Å². The Morgan fingerprint density at radius 3 is 2.50 bits per heavy atom. The summed E-state index contributed by atoms with van der Waals surface area (Å²) >= 11 is 12.0. The molecule has 0 radical (unpaired) electrons. The number of carbonyl (C=O) groups is 3. The van der Waals surface area contributed by atoms with Gasteiger partial charge < -0.3 is 25.8 Å². The van der Waals surface area contributed by atoms with Crippen molar-refractivity contribution in [3.63, 3.8) is 0 Å².